The van der Waals surface area contributed by atoms with Crippen LogP contribution in [0.1, 0.15) is 122 Å². The third-order valence-corrected chi connectivity index (χ3v) is 24.3. The number of benzene rings is 11. The molecule has 0 radical (unpaired) electrons. The van der Waals surface area contributed by atoms with Gasteiger partial charge in [0.05, 0.1) is 43.1 Å². The number of fused-ring (bicyclic) bond motifs is 13. The molecule has 20 heteroatoms. The Morgan fingerprint density at radius 1 is 0.185 bits per heavy atom. The molecule has 0 aliphatic heterocycles. The Balaban J connectivity index is 0.000000134. The molecule has 0 fully saturated rings. The summed E-state index contributed by atoms with van der Waals surface area (Å²) < 4.78 is 71.6. The summed E-state index contributed by atoms with van der Waals surface area (Å²) >= 11 is 0. The van der Waals surface area contributed by atoms with Gasteiger partial charge in [0.2, 0.25) is 0 Å². The Morgan fingerprint density at radius 3 is 0.509 bits per heavy atom. The van der Waals surface area contributed by atoms with Gasteiger partial charge in [-0.05, 0) is 162 Å². The summed E-state index contributed by atoms with van der Waals surface area (Å²) in [5.41, 5.74) is 10.8. The van der Waals surface area contributed by atoms with E-state index in [1.165, 1.54) is 70.8 Å². The first kappa shape index (κ1) is 62.1. The molecule has 25 rings (SSSR count). The predicted molar refractivity (Wildman–Crippen MR) is 402 cm³/mol. The fourth-order valence-corrected chi connectivity index (χ4v) is 20.0. The Hall–Kier alpha value is -13.4. The van der Waals surface area contributed by atoms with Crippen LogP contribution >= 0.6 is 0 Å². The van der Waals surface area contributed by atoms with Crippen LogP contribution in [-0.2, 0) is 21.7 Å². The van der Waals surface area contributed by atoms with E-state index >= 15 is 0 Å². The van der Waals surface area contributed by atoms with Gasteiger partial charge in [0, 0.05) is 70.2 Å². The largest absolute Gasteiger partial charge is 0.449 e. The van der Waals surface area contributed by atoms with E-state index in [-0.39, 0.29) is 66.8 Å². The second-order valence-electron chi connectivity index (χ2n) is 30.4. The zero-order valence-electron chi connectivity index (χ0n) is 58.5. The standard InChI is InChI=1S/C46H28O10.C42H26O10/c1-19(2)45-27-9-21-7-5-6-8-22(21)10-28(27)46(20(3)4,31-17-39-37(15-29(31)45)51-33-11-23-25(13-35(33)53-39)43(49)55-41(23)47)32-18-40-38(16-30(32)45)52-34-12-24-26(14-36(34)54-40)44(50)56-42(24)48;1-17(2)41-23-7-5-6-8-24(23)42(18(3)4,27-15-35-33(13-25(27)41)47-29-9-19-21(11-31(29)49-35)39(45)51-37(19)43)28-16-36-34(14-26(28)41)48-30-10-20-22(12-32(30)50-36)40(46)52-38(20)44/h5-20H,1-4H3;5-18H,1-4H3. The number of rotatable bonds is 4. The average molecular weight is 1430 g/mol. The van der Waals surface area contributed by atoms with Crippen LogP contribution in [0.15, 0.2) is 249 Å². The first-order chi connectivity index (χ1) is 52.0. The van der Waals surface area contributed by atoms with Crippen molar-refractivity contribution >= 4 is 143 Å². The molecule has 11 aromatic carbocycles. The van der Waals surface area contributed by atoms with Crippen LogP contribution in [0.25, 0.3) is 143 Å². The molecule has 0 saturated carbocycles. The van der Waals surface area contributed by atoms with E-state index in [0.29, 0.717) is 89.3 Å². The van der Waals surface area contributed by atoms with Gasteiger partial charge in [-0.2, -0.15) is 0 Å². The molecule has 8 heterocycles. The van der Waals surface area contributed by atoms with E-state index in [9.17, 15) is 38.4 Å². The van der Waals surface area contributed by atoms with Gasteiger partial charge in [-0.1, -0.05) is 104 Å². The normalized spacial score (nSPS) is 19.0. The zero-order chi connectivity index (χ0) is 73.7. The van der Waals surface area contributed by atoms with Gasteiger partial charge < -0.3 is 53.0 Å². The van der Waals surface area contributed by atoms with Gasteiger partial charge in [0.1, 0.15) is 0 Å². The van der Waals surface area contributed by atoms with Crippen molar-refractivity contribution in [1.82, 2.24) is 0 Å². The molecule has 0 spiro atoms. The summed E-state index contributed by atoms with van der Waals surface area (Å²) in [5, 5.41) is 3.29. The summed E-state index contributed by atoms with van der Waals surface area (Å²) in [6.07, 6.45) is 0. The molecule has 19 aromatic rings. The summed E-state index contributed by atoms with van der Waals surface area (Å²) in [4.78, 5) is 99.5. The summed E-state index contributed by atoms with van der Waals surface area (Å²) in [7, 11) is 0. The molecule has 0 N–H and O–H groups in total. The van der Waals surface area contributed by atoms with E-state index in [2.05, 4.69) is 165 Å². The van der Waals surface area contributed by atoms with Crippen LogP contribution in [-0.4, -0.2) is 0 Å². The van der Waals surface area contributed by atoms with Crippen molar-refractivity contribution in [2.24, 2.45) is 23.7 Å². The molecule has 0 saturated heterocycles. The smallest absolute Gasteiger partial charge is 0.347 e. The van der Waals surface area contributed by atoms with E-state index in [1.807, 2.05) is 0 Å². The van der Waals surface area contributed by atoms with Gasteiger partial charge >= 0.3 is 45.0 Å². The van der Waals surface area contributed by atoms with Crippen LogP contribution in [0.4, 0.5) is 0 Å². The van der Waals surface area contributed by atoms with Crippen LogP contribution < -0.4 is 45.0 Å². The highest BCUT2D eigenvalue weighted by atomic mass is 16.5. The highest BCUT2D eigenvalue weighted by molar-refractivity contribution is 6.01. The first-order valence-corrected chi connectivity index (χ1v) is 35.6. The minimum Gasteiger partial charge on any atom is -0.449 e. The molecule has 526 valence electrons. The number of furan rings is 4. The molecular weight excluding hydrogens is 1380 g/mol. The maximum Gasteiger partial charge on any atom is 0.347 e. The van der Waals surface area contributed by atoms with Crippen molar-refractivity contribution in [3.63, 3.8) is 0 Å². The second-order valence-corrected chi connectivity index (χ2v) is 30.4. The van der Waals surface area contributed by atoms with Gasteiger partial charge in [0.25, 0.3) is 0 Å². The lowest BCUT2D eigenvalue weighted by molar-refractivity contribution is 0.325. The summed E-state index contributed by atoms with van der Waals surface area (Å²) in [6.45, 7) is 17.7. The van der Waals surface area contributed by atoms with Gasteiger partial charge in [0.15, 0.2) is 89.3 Å². The van der Waals surface area contributed by atoms with Crippen molar-refractivity contribution < 1.29 is 53.0 Å². The molecule has 20 nitrogen and oxygen atoms in total. The second kappa shape index (κ2) is 20.4. The molecule has 0 atom stereocenters. The first-order valence-electron chi connectivity index (χ1n) is 35.6. The lowest BCUT2D eigenvalue weighted by Crippen LogP contribution is -2.55. The topological polar surface area (TPSA) is 294 Å². The van der Waals surface area contributed by atoms with E-state index in [0.717, 1.165) is 55.3 Å². The predicted octanol–water partition coefficient (Wildman–Crippen LogP) is 17.6. The fourth-order valence-electron chi connectivity index (χ4n) is 20.0. The van der Waals surface area contributed by atoms with Crippen molar-refractivity contribution in [2.75, 3.05) is 0 Å². The third-order valence-electron chi connectivity index (χ3n) is 24.3. The minimum absolute atomic E-state index is 0.0110. The van der Waals surface area contributed by atoms with E-state index in [4.69, 9.17) is 53.0 Å². The van der Waals surface area contributed by atoms with Gasteiger partial charge in [-0.15, -0.1) is 0 Å². The monoisotopic (exact) mass is 1430 g/mol. The van der Waals surface area contributed by atoms with Gasteiger partial charge in [-0.25, -0.2) is 38.4 Å². The molecule has 108 heavy (non-hydrogen) atoms. The van der Waals surface area contributed by atoms with Crippen LogP contribution in [0.3, 0.4) is 0 Å². The van der Waals surface area contributed by atoms with Crippen molar-refractivity contribution in [2.45, 2.75) is 77.0 Å². The quantitative estimate of drug-likeness (QED) is 0.148. The minimum atomic E-state index is -0.736. The van der Waals surface area contributed by atoms with Crippen molar-refractivity contribution in [3.05, 3.63) is 308 Å². The average Bonchev–Trinajstić information content (AvgIpc) is 0.738. The molecule has 0 amide bonds. The number of hydrogen-bond acceptors (Lipinski definition) is 20. The summed E-state index contributed by atoms with van der Waals surface area (Å²) in [5.74, 6) is 0.0233. The Bertz CT molecular complexity index is 7170. The molecule has 6 aliphatic carbocycles. The molecule has 6 aliphatic rings. The lowest BCUT2D eigenvalue weighted by Gasteiger charge is -2.59. The molecule has 0 unspecified atom stereocenters. The van der Waals surface area contributed by atoms with Crippen LogP contribution in [0, 0.1) is 23.7 Å². The number of hydrogen-bond donors (Lipinski definition) is 0. The highest BCUT2D eigenvalue weighted by Crippen LogP contribution is 2.70. The Labute approximate surface area is 601 Å². The van der Waals surface area contributed by atoms with E-state index < -0.39 is 66.7 Å². The maximum atomic E-state index is 12.5. The molecule has 4 bridgehead atoms. The zero-order valence-corrected chi connectivity index (χ0v) is 58.5. The lowest BCUT2D eigenvalue weighted by atomic mass is 9.42. The van der Waals surface area contributed by atoms with E-state index in [1.54, 1.807) is 0 Å². The highest BCUT2D eigenvalue weighted by Gasteiger charge is 2.63. The Kier molecular flexibility index (Phi) is 11.7. The van der Waals surface area contributed by atoms with Gasteiger partial charge in [-0.3, -0.25) is 0 Å². The van der Waals surface area contributed by atoms with Crippen molar-refractivity contribution in [1.29, 1.82) is 0 Å². The van der Waals surface area contributed by atoms with Crippen LogP contribution in [0.5, 0.6) is 0 Å². The Morgan fingerprint density at radius 2 is 0.333 bits per heavy atom. The molecular formula is C88H54O20. The maximum absolute atomic E-state index is 12.5. The SMILES string of the molecule is CC(C)C12c3cc4ccccc4cc3C(C(C)C)(c3cc4oc5cc6c(=O)oc(=O)c6cc5oc4cc31)c1cc3oc4cc5c(=O)oc(=O)c5cc4oc3cc12.CC(C)C12c3ccccc3C(C(C)C)(c3cc4oc5cc6c(=O)oc(=O)c6cc5oc4cc31)c1cc3oc4cc5c(=O)oc(=O)c5cc4oc3cc12. The third kappa shape index (κ3) is 7.38. The van der Waals surface area contributed by atoms with Crippen LogP contribution in [0.2, 0.25) is 0 Å². The van der Waals surface area contributed by atoms with Crippen molar-refractivity contribution in [3.8, 4) is 0 Å². The summed E-state index contributed by atoms with van der Waals surface area (Å²) in [6, 6.07) is 50.1. The fraction of sp³-hybridized carbons (Fsp3) is 0.182. The molecule has 8 aromatic heterocycles.